The van der Waals surface area contributed by atoms with E-state index in [2.05, 4.69) is 5.32 Å². The maximum atomic E-state index is 12.0. The molecule has 0 bridgehead atoms. The molecule has 0 aliphatic heterocycles. The van der Waals surface area contributed by atoms with Crippen molar-refractivity contribution in [2.24, 2.45) is 0 Å². The van der Waals surface area contributed by atoms with Gasteiger partial charge in [-0.3, -0.25) is 4.79 Å². The molecule has 5 nitrogen and oxygen atoms in total. The third-order valence-corrected chi connectivity index (χ3v) is 3.34. The largest absolute Gasteiger partial charge is 0.482 e. The van der Waals surface area contributed by atoms with Crippen LogP contribution in [-0.2, 0) is 14.3 Å². The maximum absolute atomic E-state index is 12.0. The molecule has 1 N–H and O–H groups in total. The van der Waals surface area contributed by atoms with E-state index in [0.29, 0.717) is 11.4 Å². The standard InChI is InChI=1S/C19H21NO4/c1-13-7-9-16(10-8-13)20-19(22)15(3)24-18(21)12-23-17-6-4-5-14(2)11-17/h4-11,15H,12H2,1-3H3,(H,20,22)/t15-/m1/s1. The molecule has 0 aliphatic carbocycles. The van der Waals surface area contributed by atoms with Crippen LogP contribution >= 0.6 is 0 Å². The van der Waals surface area contributed by atoms with E-state index in [1.54, 1.807) is 18.2 Å². The van der Waals surface area contributed by atoms with Crippen molar-refractivity contribution in [3.05, 3.63) is 59.7 Å². The van der Waals surface area contributed by atoms with Crippen molar-refractivity contribution in [3.8, 4) is 5.75 Å². The van der Waals surface area contributed by atoms with Gasteiger partial charge in [0.15, 0.2) is 12.7 Å². The number of hydrogen-bond acceptors (Lipinski definition) is 4. The van der Waals surface area contributed by atoms with Crippen LogP contribution in [0.25, 0.3) is 0 Å². The van der Waals surface area contributed by atoms with Gasteiger partial charge in [-0.05, 0) is 50.6 Å². The monoisotopic (exact) mass is 327 g/mol. The van der Waals surface area contributed by atoms with Gasteiger partial charge in [0.1, 0.15) is 5.75 Å². The van der Waals surface area contributed by atoms with Crippen molar-refractivity contribution in [2.75, 3.05) is 11.9 Å². The molecule has 126 valence electrons. The first kappa shape index (κ1) is 17.5. The summed E-state index contributed by atoms with van der Waals surface area (Å²) in [5.74, 6) is -0.394. The Balaban J connectivity index is 1.80. The molecule has 2 rings (SSSR count). The Bertz CT molecular complexity index is 710. The van der Waals surface area contributed by atoms with E-state index < -0.39 is 12.1 Å². The van der Waals surface area contributed by atoms with Gasteiger partial charge >= 0.3 is 5.97 Å². The number of rotatable bonds is 6. The second-order valence-corrected chi connectivity index (χ2v) is 5.59. The van der Waals surface area contributed by atoms with Gasteiger partial charge in [-0.25, -0.2) is 4.79 Å². The van der Waals surface area contributed by atoms with Gasteiger partial charge in [0.25, 0.3) is 5.91 Å². The van der Waals surface area contributed by atoms with E-state index in [1.165, 1.54) is 6.92 Å². The first-order valence-electron chi connectivity index (χ1n) is 7.70. The van der Waals surface area contributed by atoms with Crippen LogP contribution in [0.2, 0.25) is 0 Å². The van der Waals surface area contributed by atoms with Crippen molar-refractivity contribution in [1.29, 1.82) is 0 Å². The van der Waals surface area contributed by atoms with E-state index in [9.17, 15) is 9.59 Å². The Hall–Kier alpha value is -2.82. The number of anilines is 1. The first-order valence-corrected chi connectivity index (χ1v) is 7.70. The predicted molar refractivity (Wildman–Crippen MR) is 92.0 cm³/mol. The number of ether oxygens (including phenoxy) is 2. The topological polar surface area (TPSA) is 64.6 Å². The molecular formula is C19H21NO4. The van der Waals surface area contributed by atoms with Crippen LogP contribution in [0.5, 0.6) is 5.75 Å². The van der Waals surface area contributed by atoms with E-state index in [4.69, 9.17) is 9.47 Å². The van der Waals surface area contributed by atoms with Crippen LogP contribution in [-0.4, -0.2) is 24.6 Å². The molecular weight excluding hydrogens is 306 g/mol. The number of nitrogens with one attached hydrogen (secondary N) is 1. The zero-order valence-electron chi connectivity index (χ0n) is 14.0. The summed E-state index contributed by atoms with van der Waals surface area (Å²) < 4.78 is 10.4. The number of aryl methyl sites for hydroxylation is 2. The van der Waals surface area contributed by atoms with Crippen molar-refractivity contribution >= 4 is 17.6 Å². The molecule has 5 heteroatoms. The fourth-order valence-corrected chi connectivity index (χ4v) is 2.01. The van der Waals surface area contributed by atoms with Gasteiger partial charge in [0.05, 0.1) is 0 Å². The third-order valence-electron chi connectivity index (χ3n) is 3.34. The zero-order chi connectivity index (χ0) is 17.5. The maximum Gasteiger partial charge on any atom is 0.344 e. The van der Waals surface area contributed by atoms with Crippen molar-refractivity contribution in [2.45, 2.75) is 26.9 Å². The first-order chi connectivity index (χ1) is 11.4. The number of carbonyl (C=O) groups is 2. The summed E-state index contributed by atoms with van der Waals surface area (Å²) in [7, 11) is 0. The Morgan fingerprint density at radius 1 is 1.04 bits per heavy atom. The smallest absolute Gasteiger partial charge is 0.344 e. The molecule has 0 heterocycles. The number of hydrogen-bond donors (Lipinski definition) is 1. The summed E-state index contributed by atoms with van der Waals surface area (Å²) in [6, 6.07) is 14.7. The van der Waals surface area contributed by atoms with Gasteiger partial charge < -0.3 is 14.8 Å². The molecule has 2 aromatic rings. The Morgan fingerprint density at radius 3 is 2.42 bits per heavy atom. The fraction of sp³-hybridized carbons (Fsp3) is 0.263. The lowest BCUT2D eigenvalue weighted by Crippen LogP contribution is -2.31. The van der Waals surface area contributed by atoms with E-state index in [1.807, 2.05) is 44.2 Å². The Labute approximate surface area is 141 Å². The van der Waals surface area contributed by atoms with Gasteiger partial charge in [-0.15, -0.1) is 0 Å². The molecule has 0 aliphatic rings. The molecule has 24 heavy (non-hydrogen) atoms. The molecule has 0 unspecified atom stereocenters. The molecule has 1 amide bonds. The summed E-state index contributed by atoms with van der Waals surface area (Å²) >= 11 is 0. The van der Waals surface area contributed by atoms with Gasteiger partial charge in [0, 0.05) is 5.69 Å². The van der Waals surface area contributed by atoms with Gasteiger partial charge in [-0.1, -0.05) is 29.8 Å². The van der Waals surface area contributed by atoms with Gasteiger partial charge in [0.2, 0.25) is 0 Å². The van der Waals surface area contributed by atoms with Crippen LogP contribution in [0.15, 0.2) is 48.5 Å². The summed E-state index contributed by atoms with van der Waals surface area (Å²) in [6.45, 7) is 5.17. The molecule has 1 atom stereocenters. The summed E-state index contributed by atoms with van der Waals surface area (Å²) in [6.07, 6.45) is -0.903. The highest BCUT2D eigenvalue weighted by Crippen LogP contribution is 2.13. The van der Waals surface area contributed by atoms with Crippen molar-refractivity contribution in [3.63, 3.8) is 0 Å². The summed E-state index contributed by atoms with van der Waals surface area (Å²) in [4.78, 5) is 23.8. The minimum atomic E-state index is -0.903. The van der Waals surface area contributed by atoms with Crippen LogP contribution < -0.4 is 10.1 Å². The lowest BCUT2D eigenvalue weighted by atomic mass is 10.2. The van der Waals surface area contributed by atoms with Crippen LogP contribution in [0.1, 0.15) is 18.1 Å². The number of esters is 1. The van der Waals surface area contributed by atoms with Crippen LogP contribution in [0.4, 0.5) is 5.69 Å². The summed E-state index contributed by atoms with van der Waals surface area (Å²) in [5, 5.41) is 2.70. The predicted octanol–water partition coefficient (Wildman–Crippen LogP) is 3.25. The van der Waals surface area contributed by atoms with Crippen molar-refractivity contribution in [1.82, 2.24) is 0 Å². The molecule has 0 fully saturated rings. The molecule has 0 saturated heterocycles. The van der Waals surface area contributed by atoms with Crippen LogP contribution in [0, 0.1) is 13.8 Å². The third kappa shape index (κ3) is 5.43. The quantitative estimate of drug-likeness (QED) is 0.827. The van der Waals surface area contributed by atoms with E-state index >= 15 is 0 Å². The lowest BCUT2D eigenvalue weighted by molar-refractivity contribution is -0.155. The average Bonchev–Trinajstić information content (AvgIpc) is 2.55. The zero-order valence-corrected chi connectivity index (χ0v) is 14.0. The summed E-state index contributed by atoms with van der Waals surface area (Å²) in [5.41, 5.74) is 2.79. The minimum absolute atomic E-state index is 0.244. The Morgan fingerprint density at radius 2 is 1.75 bits per heavy atom. The fourth-order valence-electron chi connectivity index (χ4n) is 2.01. The number of carbonyl (C=O) groups excluding carboxylic acids is 2. The number of benzene rings is 2. The minimum Gasteiger partial charge on any atom is -0.482 e. The average molecular weight is 327 g/mol. The van der Waals surface area contributed by atoms with Crippen molar-refractivity contribution < 1.29 is 19.1 Å². The highest BCUT2D eigenvalue weighted by Gasteiger charge is 2.18. The lowest BCUT2D eigenvalue weighted by Gasteiger charge is -2.14. The second kappa shape index (κ2) is 8.15. The normalized spacial score (nSPS) is 11.5. The second-order valence-electron chi connectivity index (χ2n) is 5.59. The molecule has 0 saturated carbocycles. The van der Waals surface area contributed by atoms with Gasteiger partial charge in [-0.2, -0.15) is 0 Å². The van der Waals surface area contributed by atoms with E-state index in [-0.39, 0.29) is 12.5 Å². The molecule has 0 radical (unpaired) electrons. The molecule has 0 aromatic heterocycles. The number of amides is 1. The SMILES string of the molecule is Cc1ccc(NC(=O)[C@@H](C)OC(=O)COc2cccc(C)c2)cc1. The van der Waals surface area contributed by atoms with E-state index in [0.717, 1.165) is 11.1 Å². The molecule has 2 aromatic carbocycles. The molecule has 0 spiro atoms. The highest BCUT2D eigenvalue weighted by molar-refractivity contribution is 5.95. The Kier molecular flexibility index (Phi) is 5.95. The van der Waals surface area contributed by atoms with Crippen LogP contribution in [0.3, 0.4) is 0 Å². The highest BCUT2D eigenvalue weighted by atomic mass is 16.6.